The fourth-order valence-corrected chi connectivity index (χ4v) is 2.80. The van der Waals surface area contributed by atoms with E-state index < -0.39 is 35.9 Å². The number of rotatable bonds is 6. The number of carbonyl (C=O) groups is 1. The molecule has 5 nitrogen and oxygen atoms in total. The molecule has 1 fully saturated rings. The molecule has 0 N–H and O–H groups in total. The number of ether oxygens (including phenoxy) is 2. The van der Waals surface area contributed by atoms with Crippen LogP contribution in [0.5, 0.6) is 5.75 Å². The summed E-state index contributed by atoms with van der Waals surface area (Å²) in [5.74, 6) is -0.883. The lowest BCUT2D eigenvalue weighted by Gasteiger charge is -2.32. The predicted octanol–water partition coefficient (Wildman–Crippen LogP) is 3.50. The first-order chi connectivity index (χ1) is 11.6. The zero-order valence-electron chi connectivity index (χ0n) is 15.7. The van der Waals surface area contributed by atoms with Gasteiger partial charge in [-0.2, -0.15) is 0 Å². The summed E-state index contributed by atoms with van der Waals surface area (Å²) >= 11 is 0. The second kappa shape index (κ2) is 7.34. The average Bonchev–Trinajstić information content (AvgIpc) is 2.73. The number of hydrogen-bond acceptors (Lipinski definition) is 5. The SMILES string of the molecule is CCOC(=O)CC(B1OC(C)(C)C(C)(C)O1)c1cc(F)ccc1OC. The fourth-order valence-electron chi connectivity index (χ4n) is 2.80. The minimum Gasteiger partial charge on any atom is -0.496 e. The number of carbonyl (C=O) groups excluding carboxylic acids is 1. The topological polar surface area (TPSA) is 54.0 Å². The van der Waals surface area contributed by atoms with Crippen molar-refractivity contribution in [1.82, 2.24) is 0 Å². The van der Waals surface area contributed by atoms with Crippen LogP contribution in [0.3, 0.4) is 0 Å². The number of esters is 1. The van der Waals surface area contributed by atoms with Crippen molar-refractivity contribution in [2.75, 3.05) is 13.7 Å². The molecule has 0 spiro atoms. The first-order valence-electron chi connectivity index (χ1n) is 8.46. The molecular weight excluding hydrogens is 326 g/mol. The van der Waals surface area contributed by atoms with Gasteiger partial charge >= 0.3 is 13.1 Å². The molecule has 138 valence electrons. The summed E-state index contributed by atoms with van der Waals surface area (Å²) in [6, 6.07) is 4.20. The Morgan fingerprint density at radius 1 is 1.24 bits per heavy atom. The van der Waals surface area contributed by atoms with Crippen LogP contribution in [0.25, 0.3) is 0 Å². The first-order valence-corrected chi connectivity index (χ1v) is 8.46. The Morgan fingerprint density at radius 2 is 1.84 bits per heavy atom. The molecule has 2 rings (SSSR count). The predicted molar refractivity (Wildman–Crippen MR) is 93.0 cm³/mol. The van der Waals surface area contributed by atoms with Gasteiger partial charge in [-0.25, -0.2) is 4.39 Å². The van der Waals surface area contributed by atoms with Gasteiger partial charge in [-0.15, -0.1) is 0 Å². The quantitative estimate of drug-likeness (QED) is 0.579. The Kier molecular flexibility index (Phi) is 5.79. The zero-order valence-corrected chi connectivity index (χ0v) is 15.7. The molecule has 1 atom stereocenters. The molecule has 0 bridgehead atoms. The van der Waals surface area contributed by atoms with E-state index in [1.807, 2.05) is 27.7 Å². The molecular formula is C18H26BFO5. The molecule has 25 heavy (non-hydrogen) atoms. The molecule has 1 unspecified atom stereocenters. The molecule has 1 aromatic carbocycles. The summed E-state index contributed by atoms with van der Waals surface area (Å²) in [6.45, 7) is 9.72. The van der Waals surface area contributed by atoms with Crippen LogP contribution in [0.2, 0.25) is 0 Å². The lowest BCUT2D eigenvalue weighted by molar-refractivity contribution is -0.143. The normalized spacial score (nSPS) is 19.6. The highest BCUT2D eigenvalue weighted by atomic mass is 19.1. The monoisotopic (exact) mass is 352 g/mol. The maximum atomic E-state index is 13.9. The molecule has 0 aromatic heterocycles. The van der Waals surface area contributed by atoms with Gasteiger partial charge in [-0.1, -0.05) is 0 Å². The Hall–Kier alpha value is -1.60. The van der Waals surface area contributed by atoms with E-state index in [2.05, 4.69) is 0 Å². The maximum Gasteiger partial charge on any atom is 0.466 e. The van der Waals surface area contributed by atoms with Gasteiger partial charge in [0.2, 0.25) is 0 Å². The van der Waals surface area contributed by atoms with Crippen LogP contribution in [0.1, 0.15) is 52.4 Å². The van der Waals surface area contributed by atoms with Gasteiger partial charge in [0.05, 0.1) is 31.3 Å². The number of benzene rings is 1. The van der Waals surface area contributed by atoms with Crippen molar-refractivity contribution in [1.29, 1.82) is 0 Å². The largest absolute Gasteiger partial charge is 0.496 e. The van der Waals surface area contributed by atoms with E-state index in [1.165, 1.54) is 25.3 Å². The van der Waals surface area contributed by atoms with Gasteiger partial charge in [0, 0.05) is 5.82 Å². The van der Waals surface area contributed by atoms with Crippen LogP contribution in [0.4, 0.5) is 4.39 Å². The van der Waals surface area contributed by atoms with E-state index in [0.29, 0.717) is 11.3 Å². The minimum atomic E-state index is -0.717. The standard InChI is InChI=1S/C18H26BFO5/c1-7-23-16(21)11-14(13-10-12(20)8-9-15(13)22-6)19-24-17(2,3)18(4,5)25-19/h8-10,14H,7,11H2,1-6H3. The van der Waals surface area contributed by atoms with E-state index in [0.717, 1.165) is 0 Å². The molecule has 0 aliphatic carbocycles. The van der Waals surface area contributed by atoms with Gasteiger partial charge in [0.25, 0.3) is 0 Å². The van der Waals surface area contributed by atoms with Crippen LogP contribution >= 0.6 is 0 Å². The molecule has 0 saturated carbocycles. The number of methoxy groups -OCH3 is 1. The fraction of sp³-hybridized carbons (Fsp3) is 0.611. The van der Waals surface area contributed by atoms with E-state index in [1.54, 1.807) is 6.92 Å². The Morgan fingerprint density at radius 3 is 2.36 bits per heavy atom. The van der Waals surface area contributed by atoms with Crippen molar-refractivity contribution in [3.8, 4) is 5.75 Å². The maximum absolute atomic E-state index is 13.9. The molecule has 0 amide bonds. The summed E-state index contributed by atoms with van der Waals surface area (Å²) in [5.41, 5.74) is -0.606. The van der Waals surface area contributed by atoms with Crippen molar-refractivity contribution in [2.45, 2.75) is 58.1 Å². The van der Waals surface area contributed by atoms with Crippen LogP contribution < -0.4 is 4.74 Å². The third-order valence-electron chi connectivity index (χ3n) is 4.88. The molecule has 0 radical (unpaired) electrons. The van der Waals surface area contributed by atoms with Crippen molar-refractivity contribution < 1.29 is 28.0 Å². The average molecular weight is 352 g/mol. The minimum absolute atomic E-state index is 0.00444. The van der Waals surface area contributed by atoms with E-state index >= 15 is 0 Å². The van der Waals surface area contributed by atoms with E-state index in [4.69, 9.17) is 18.8 Å². The molecule has 1 heterocycles. The Balaban J connectivity index is 2.41. The summed E-state index contributed by atoms with van der Waals surface area (Å²) in [5, 5.41) is 0. The van der Waals surface area contributed by atoms with Gasteiger partial charge in [0.15, 0.2) is 0 Å². The molecule has 1 aliphatic rings. The van der Waals surface area contributed by atoms with Crippen LogP contribution in [0, 0.1) is 5.82 Å². The molecule has 1 aliphatic heterocycles. The summed E-state index contributed by atoms with van der Waals surface area (Å²) < 4.78 is 36.5. The van der Waals surface area contributed by atoms with Crippen LogP contribution in [0.15, 0.2) is 18.2 Å². The summed E-state index contributed by atoms with van der Waals surface area (Å²) in [7, 11) is 0.785. The number of halogens is 1. The van der Waals surface area contributed by atoms with Crippen molar-refractivity contribution in [3.05, 3.63) is 29.6 Å². The van der Waals surface area contributed by atoms with Crippen molar-refractivity contribution in [2.24, 2.45) is 0 Å². The van der Waals surface area contributed by atoms with Gasteiger partial charge < -0.3 is 18.8 Å². The van der Waals surface area contributed by atoms with Gasteiger partial charge in [-0.05, 0) is 58.4 Å². The van der Waals surface area contributed by atoms with Crippen LogP contribution in [-0.2, 0) is 18.8 Å². The lowest BCUT2D eigenvalue weighted by atomic mass is 9.66. The smallest absolute Gasteiger partial charge is 0.466 e. The van der Waals surface area contributed by atoms with Gasteiger partial charge in [-0.3, -0.25) is 4.79 Å². The van der Waals surface area contributed by atoms with Crippen molar-refractivity contribution >= 4 is 13.1 Å². The zero-order chi connectivity index (χ0) is 18.8. The summed E-state index contributed by atoms with van der Waals surface area (Å²) in [4.78, 5) is 12.1. The summed E-state index contributed by atoms with van der Waals surface area (Å²) in [6.07, 6.45) is 0.00444. The third-order valence-corrected chi connectivity index (χ3v) is 4.88. The van der Waals surface area contributed by atoms with E-state index in [9.17, 15) is 9.18 Å². The van der Waals surface area contributed by atoms with Crippen LogP contribution in [-0.4, -0.2) is 38.0 Å². The first kappa shape index (κ1) is 19.7. The Labute approximate surface area is 148 Å². The molecule has 1 saturated heterocycles. The molecule has 1 aromatic rings. The van der Waals surface area contributed by atoms with Gasteiger partial charge in [0.1, 0.15) is 11.6 Å². The highest BCUT2D eigenvalue weighted by Gasteiger charge is 2.54. The highest BCUT2D eigenvalue weighted by Crippen LogP contribution is 2.43. The lowest BCUT2D eigenvalue weighted by Crippen LogP contribution is -2.41. The number of hydrogen-bond donors (Lipinski definition) is 0. The molecule has 7 heteroatoms. The second-order valence-corrected chi connectivity index (χ2v) is 7.13. The Bertz CT molecular complexity index is 616. The third kappa shape index (κ3) is 4.15. The van der Waals surface area contributed by atoms with Crippen molar-refractivity contribution in [3.63, 3.8) is 0 Å². The van der Waals surface area contributed by atoms with E-state index in [-0.39, 0.29) is 13.0 Å². The highest BCUT2D eigenvalue weighted by molar-refractivity contribution is 6.48. The second-order valence-electron chi connectivity index (χ2n) is 7.13.